The van der Waals surface area contributed by atoms with Gasteiger partial charge in [-0.15, -0.1) is 0 Å². The lowest BCUT2D eigenvalue weighted by atomic mass is 10.0. The summed E-state index contributed by atoms with van der Waals surface area (Å²) < 4.78 is 16.7. The maximum Gasteiger partial charge on any atom is 0.339 e. The van der Waals surface area contributed by atoms with Crippen LogP contribution in [0, 0.1) is 5.92 Å². The highest BCUT2D eigenvalue weighted by Gasteiger charge is 2.38. The zero-order valence-electron chi connectivity index (χ0n) is 12.2. The summed E-state index contributed by atoms with van der Waals surface area (Å²) in [7, 11) is 0. The van der Waals surface area contributed by atoms with E-state index < -0.39 is 5.79 Å². The molecule has 110 valence electrons. The molecule has 2 atom stereocenters. The zero-order valence-corrected chi connectivity index (χ0v) is 12.2. The number of hydrogen-bond donors (Lipinski definition) is 0. The van der Waals surface area contributed by atoms with E-state index in [1.807, 2.05) is 6.92 Å². The van der Waals surface area contributed by atoms with Gasteiger partial charge in [0.15, 0.2) is 5.79 Å². The van der Waals surface area contributed by atoms with Crippen LogP contribution in [0.3, 0.4) is 0 Å². The van der Waals surface area contributed by atoms with Gasteiger partial charge in [0.1, 0.15) is 12.7 Å². The smallest absolute Gasteiger partial charge is 0.339 e. The minimum atomic E-state index is -0.570. The van der Waals surface area contributed by atoms with Gasteiger partial charge in [-0.3, -0.25) is 4.98 Å². The van der Waals surface area contributed by atoms with Crippen molar-refractivity contribution in [3.63, 3.8) is 0 Å². The molecule has 0 aliphatic carbocycles. The number of esters is 1. The highest BCUT2D eigenvalue weighted by atomic mass is 16.7. The fraction of sp³-hybridized carbons (Fsp3) is 0.600. The van der Waals surface area contributed by atoms with Crippen molar-refractivity contribution in [1.29, 1.82) is 0 Å². The first-order valence-corrected chi connectivity index (χ1v) is 6.87. The average Bonchev–Trinajstić information content (AvgIpc) is 2.77. The molecule has 1 aliphatic rings. The third-order valence-corrected chi connectivity index (χ3v) is 3.07. The molecule has 0 N–H and O–H groups in total. The van der Waals surface area contributed by atoms with Gasteiger partial charge in [-0.05, 0) is 25.0 Å². The van der Waals surface area contributed by atoms with Crippen molar-refractivity contribution in [2.75, 3.05) is 13.2 Å². The lowest BCUT2D eigenvalue weighted by Gasteiger charge is -2.25. The Morgan fingerprint density at radius 2 is 2.40 bits per heavy atom. The highest BCUT2D eigenvalue weighted by molar-refractivity contribution is 5.88. The molecule has 0 bridgehead atoms. The number of aromatic nitrogens is 1. The highest BCUT2D eigenvalue weighted by Crippen LogP contribution is 2.29. The number of carbonyl (C=O) groups is 1. The Bertz CT molecular complexity index is 448. The van der Waals surface area contributed by atoms with E-state index in [1.54, 1.807) is 18.3 Å². The molecule has 1 aromatic rings. The third kappa shape index (κ3) is 4.02. The SMILES string of the molecule is CC(C)CC1(C)OCC(COC(=O)c2cccnc2)O1. The molecular formula is C15H21NO4. The molecule has 1 aliphatic heterocycles. The van der Waals surface area contributed by atoms with Crippen LogP contribution in [0.5, 0.6) is 0 Å². The van der Waals surface area contributed by atoms with Crippen LogP contribution in [-0.4, -0.2) is 36.1 Å². The van der Waals surface area contributed by atoms with Crippen LogP contribution in [0.25, 0.3) is 0 Å². The molecule has 2 heterocycles. The summed E-state index contributed by atoms with van der Waals surface area (Å²) in [5.74, 6) is -0.477. The number of carbonyl (C=O) groups excluding carboxylic acids is 1. The van der Waals surface area contributed by atoms with Crippen LogP contribution >= 0.6 is 0 Å². The molecule has 0 radical (unpaired) electrons. The minimum absolute atomic E-state index is 0.196. The van der Waals surface area contributed by atoms with E-state index in [0.717, 1.165) is 6.42 Å². The summed E-state index contributed by atoms with van der Waals surface area (Å²) >= 11 is 0. The first-order chi connectivity index (χ1) is 9.48. The van der Waals surface area contributed by atoms with Gasteiger partial charge < -0.3 is 14.2 Å². The summed E-state index contributed by atoms with van der Waals surface area (Å²) in [5, 5.41) is 0. The topological polar surface area (TPSA) is 57.7 Å². The van der Waals surface area contributed by atoms with Crippen molar-refractivity contribution in [3.8, 4) is 0 Å². The van der Waals surface area contributed by atoms with Crippen molar-refractivity contribution in [2.24, 2.45) is 5.92 Å². The van der Waals surface area contributed by atoms with Crippen molar-refractivity contribution in [2.45, 2.75) is 39.1 Å². The summed E-state index contributed by atoms with van der Waals surface area (Å²) in [4.78, 5) is 15.7. The molecule has 5 heteroatoms. The molecule has 0 aromatic carbocycles. The predicted octanol–water partition coefficient (Wildman–Crippen LogP) is 2.42. The number of hydrogen-bond acceptors (Lipinski definition) is 5. The van der Waals surface area contributed by atoms with Gasteiger partial charge >= 0.3 is 5.97 Å². The first kappa shape index (κ1) is 14.9. The minimum Gasteiger partial charge on any atom is -0.459 e. The van der Waals surface area contributed by atoms with Gasteiger partial charge in [-0.25, -0.2) is 4.79 Å². The fourth-order valence-electron chi connectivity index (χ4n) is 2.36. The van der Waals surface area contributed by atoms with Crippen LogP contribution in [-0.2, 0) is 14.2 Å². The lowest BCUT2D eigenvalue weighted by molar-refractivity contribution is -0.167. The van der Waals surface area contributed by atoms with Crippen LogP contribution < -0.4 is 0 Å². The van der Waals surface area contributed by atoms with Crippen molar-refractivity contribution >= 4 is 5.97 Å². The molecule has 5 nitrogen and oxygen atoms in total. The van der Waals surface area contributed by atoms with Gasteiger partial charge in [0.25, 0.3) is 0 Å². The number of ether oxygens (including phenoxy) is 3. The van der Waals surface area contributed by atoms with Gasteiger partial charge in [-0.2, -0.15) is 0 Å². The molecule has 1 aromatic heterocycles. The second-order valence-electron chi connectivity index (χ2n) is 5.62. The lowest BCUT2D eigenvalue weighted by Crippen LogP contribution is -2.30. The summed E-state index contributed by atoms with van der Waals surface area (Å²) in [6.45, 7) is 6.81. The fourth-order valence-corrected chi connectivity index (χ4v) is 2.36. The second kappa shape index (κ2) is 6.33. The van der Waals surface area contributed by atoms with Gasteiger partial charge in [-0.1, -0.05) is 13.8 Å². The largest absolute Gasteiger partial charge is 0.459 e. The standard InChI is InChI=1S/C15H21NO4/c1-11(2)7-15(3)19-10-13(20-15)9-18-14(17)12-5-4-6-16-8-12/h4-6,8,11,13H,7,9-10H2,1-3H3. The van der Waals surface area contributed by atoms with E-state index in [-0.39, 0.29) is 18.7 Å². The summed E-state index contributed by atoms with van der Waals surface area (Å²) in [5.41, 5.74) is 0.441. The quantitative estimate of drug-likeness (QED) is 0.775. The monoisotopic (exact) mass is 279 g/mol. The van der Waals surface area contributed by atoms with Crippen molar-refractivity contribution in [3.05, 3.63) is 30.1 Å². The van der Waals surface area contributed by atoms with E-state index in [2.05, 4.69) is 18.8 Å². The van der Waals surface area contributed by atoms with Crippen LogP contribution in [0.2, 0.25) is 0 Å². The molecule has 2 unspecified atom stereocenters. The Hall–Kier alpha value is -1.46. The van der Waals surface area contributed by atoms with Crippen molar-refractivity contribution < 1.29 is 19.0 Å². The Kier molecular flexibility index (Phi) is 4.73. The molecule has 1 saturated heterocycles. The summed E-state index contributed by atoms with van der Waals surface area (Å²) in [6.07, 6.45) is 3.71. The van der Waals surface area contributed by atoms with E-state index in [4.69, 9.17) is 14.2 Å². The van der Waals surface area contributed by atoms with Gasteiger partial charge in [0.2, 0.25) is 0 Å². The Morgan fingerprint density at radius 1 is 1.60 bits per heavy atom. The molecule has 0 spiro atoms. The summed E-state index contributed by atoms with van der Waals surface area (Å²) in [6, 6.07) is 3.37. The van der Waals surface area contributed by atoms with E-state index >= 15 is 0 Å². The zero-order chi connectivity index (χ0) is 14.6. The average molecular weight is 279 g/mol. The van der Waals surface area contributed by atoms with Crippen LogP contribution in [0.1, 0.15) is 37.6 Å². The van der Waals surface area contributed by atoms with Gasteiger partial charge in [0, 0.05) is 18.8 Å². The van der Waals surface area contributed by atoms with Crippen molar-refractivity contribution in [1.82, 2.24) is 4.98 Å². The number of rotatable bonds is 5. The molecule has 0 saturated carbocycles. The maximum absolute atomic E-state index is 11.8. The number of pyridine rings is 1. The maximum atomic E-state index is 11.8. The molecule has 0 amide bonds. The Balaban J connectivity index is 1.80. The molecular weight excluding hydrogens is 258 g/mol. The van der Waals surface area contributed by atoms with E-state index in [9.17, 15) is 4.79 Å². The normalized spacial score (nSPS) is 25.9. The van der Waals surface area contributed by atoms with Crippen LogP contribution in [0.4, 0.5) is 0 Å². The number of nitrogens with zero attached hydrogens (tertiary/aromatic N) is 1. The Labute approximate surface area is 119 Å². The third-order valence-electron chi connectivity index (χ3n) is 3.07. The van der Waals surface area contributed by atoms with Crippen LogP contribution in [0.15, 0.2) is 24.5 Å². The first-order valence-electron chi connectivity index (χ1n) is 6.87. The van der Waals surface area contributed by atoms with E-state index in [0.29, 0.717) is 18.1 Å². The molecule has 1 fully saturated rings. The van der Waals surface area contributed by atoms with Gasteiger partial charge in [0.05, 0.1) is 12.2 Å². The molecule has 20 heavy (non-hydrogen) atoms. The Morgan fingerprint density at radius 3 is 3.05 bits per heavy atom. The van der Waals surface area contributed by atoms with E-state index in [1.165, 1.54) is 6.20 Å². The molecule has 2 rings (SSSR count). The second-order valence-corrected chi connectivity index (χ2v) is 5.62. The predicted molar refractivity (Wildman–Crippen MR) is 73.2 cm³/mol.